The van der Waals surface area contributed by atoms with E-state index >= 15 is 0 Å². The fourth-order valence-corrected chi connectivity index (χ4v) is 2.57. The van der Waals surface area contributed by atoms with Gasteiger partial charge in [0.25, 0.3) is 5.69 Å². The van der Waals surface area contributed by atoms with Gasteiger partial charge in [-0.3, -0.25) is 10.1 Å². The number of thiocarbonyl (C=S) groups is 1. The third-order valence-corrected chi connectivity index (χ3v) is 3.40. The van der Waals surface area contributed by atoms with Gasteiger partial charge in [0.2, 0.25) is 0 Å². The first kappa shape index (κ1) is 17.3. The normalized spacial score (nSPS) is 10.0. The summed E-state index contributed by atoms with van der Waals surface area (Å²) in [6.07, 6.45) is 0. The van der Waals surface area contributed by atoms with Gasteiger partial charge in [-0.05, 0) is 36.5 Å². The summed E-state index contributed by atoms with van der Waals surface area (Å²) in [5, 5.41) is 17.7. The molecule has 120 valence electrons. The van der Waals surface area contributed by atoms with Crippen molar-refractivity contribution in [2.24, 2.45) is 0 Å². The molecule has 23 heavy (non-hydrogen) atoms. The Morgan fingerprint density at radius 1 is 1.17 bits per heavy atom. The number of hydrogen-bond donors (Lipinski definition) is 2. The van der Waals surface area contributed by atoms with Gasteiger partial charge in [0, 0.05) is 27.9 Å². The zero-order valence-electron chi connectivity index (χ0n) is 11.8. The maximum Gasteiger partial charge on any atom is 0.271 e. The van der Waals surface area contributed by atoms with Crippen LogP contribution in [0.25, 0.3) is 0 Å². The second-order valence-electron chi connectivity index (χ2n) is 4.38. The zero-order valence-corrected chi connectivity index (χ0v) is 14.1. The minimum atomic E-state index is -0.502. The first-order chi connectivity index (χ1) is 10.9. The number of nitrogens with one attached hydrogen (secondary N) is 2. The van der Waals surface area contributed by atoms with E-state index < -0.39 is 4.92 Å². The van der Waals surface area contributed by atoms with E-state index in [1.807, 2.05) is 0 Å². The Morgan fingerprint density at radius 3 is 2.39 bits per heavy atom. The van der Waals surface area contributed by atoms with Crippen LogP contribution in [0.4, 0.5) is 17.1 Å². The Labute approximate surface area is 147 Å². The maximum absolute atomic E-state index is 10.9. The highest BCUT2D eigenvalue weighted by Crippen LogP contribution is 2.29. The summed E-state index contributed by atoms with van der Waals surface area (Å²) < 4.78 is 5.15. The molecule has 9 heteroatoms. The summed E-state index contributed by atoms with van der Waals surface area (Å²) in [5.41, 5.74) is 0.874. The van der Waals surface area contributed by atoms with Gasteiger partial charge in [-0.25, -0.2) is 0 Å². The SMILES string of the molecule is COc1ccc([N+](=O)[O-])cc1NC(=S)Nc1cc(Cl)cc(Cl)c1. The van der Waals surface area contributed by atoms with Crippen LogP contribution in [-0.2, 0) is 0 Å². The monoisotopic (exact) mass is 371 g/mol. The molecule has 0 aromatic heterocycles. The molecule has 0 fully saturated rings. The van der Waals surface area contributed by atoms with E-state index in [0.717, 1.165) is 0 Å². The van der Waals surface area contributed by atoms with Gasteiger partial charge in [0.05, 0.1) is 17.7 Å². The first-order valence-corrected chi connectivity index (χ1v) is 7.42. The lowest BCUT2D eigenvalue weighted by Gasteiger charge is -2.13. The van der Waals surface area contributed by atoms with Gasteiger partial charge in [-0.1, -0.05) is 23.2 Å². The highest BCUT2D eigenvalue weighted by Gasteiger charge is 2.12. The van der Waals surface area contributed by atoms with Crippen molar-refractivity contribution in [1.29, 1.82) is 0 Å². The molecule has 0 saturated heterocycles. The lowest BCUT2D eigenvalue weighted by molar-refractivity contribution is -0.384. The van der Waals surface area contributed by atoms with Crippen molar-refractivity contribution in [3.63, 3.8) is 0 Å². The molecule has 2 N–H and O–H groups in total. The molecule has 0 saturated carbocycles. The summed E-state index contributed by atoms with van der Waals surface area (Å²) in [6, 6.07) is 9.04. The largest absolute Gasteiger partial charge is 0.495 e. The number of nitrogens with zero attached hydrogens (tertiary/aromatic N) is 1. The molecule has 0 unspecified atom stereocenters. The Hall–Kier alpha value is -2.09. The van der Waals surface area contributed by atoms with Crippen molar-refractivity contribution >= 4 is 57.6 Å². The molecular formula is C14H11Cl2N3O3S. The lowest BCUT2D eigenvalue weighted by atomic mass is 10.2. The molecule has 0 aliphatic rings. The Bertz CT molecular complexity index is 751. The van der Waals surface area contributed by atoms with Crippen LogP contribution >= 0.6 is 35.4 Å². The van der Waals surface area contributed by atoms with Crippen molar-refractivity contribution in [3.8, 4) is 5.75 Å². The fourth-order valence-electron chi connectivity index (χ4n) is 1.82. The number of methoxy groups -OCH3 is 1. The van der Waals surface area contributed by atoms with Gasteiger partial charge in [-0.2, -0.15) is 0 Å². The van der Waals surface area contributed by atoms with Crippen molar-refractivity contribution in [2.45, 2.75) is 0 Å². The predicted octanol–water partition coefficient (Wildman–Crippen LogP) is 4.72. The molecule has 0 aliphatic carbocycles. The van der Waals surface area contributed by atoms with E-state index in [2.05, 4.69) is 10.6 Å². The minimum Gasteiger partial charge on any atom is -0.495 e. The number of ether oxygens (including phenoxy) is 1. The smallest absolute Gasteiger partial charge is 0.271 e. The number of anilines is 2. The van der Waals surface area contributed by atoms with Gasteiger partial charge < -0.3 is 15.4 Å². The molecular weight excluding hydrogens is 361 g/mol. The molecule has 0 heterocycles. The van der Waals surface area contributed by atoms with E-state index in [1.54, 1.807) is 18.2 Å². The van der Waals surface area contributed by atoms with E-state index in [-0.39, 0.29) is 10.8 Å². The summed E-state index contributed by atoms with van der Waals surface area (Å²) in [5.74, 6) is 0.420. The number of hydrogen-bond acceptors (Lipinski definition) is 4. The number of rotatable bonds is 4. The predicted molar refractivity (Wildman–Crippen MR) is 96.0 cm³/mol. The molecule has 0 atom stereocenters. The highest BCUT2D eigenvalue weighted by atomic mass is 35.5. The second kappa shape index (κ2) is 7.45. The molecule has 0 aliphatic heterocycles. The van der Waals surface area contributed by atoms with Crippen LogP contribution in [0.2, 0.25) is 10.0 Å². The summed E-state index contributed by atoms with van der Waals surface area (Å²) >= 11 is 17.0. The van der Waals surface area contributed by atoms with Gasteiger partial charge >= 0.3 is 0 Å². The highest BCUT2D eigenvalue weighted by molar-refractivity contribution is 7.80. The van der Waals surface area contributed by atoms with E-state index in [0.29, 0.717) is 27.2 Å². The quantitative estimate of drug-likeness (QED) is 0.460. The zero-order chi connectivity index (χ0) is 17.0. The van der Waals surface area contributed by atoms with Crippen LogP contribution in [0.5, 0.6) is 5.75 Å². The van der Waals surface area contributed by atoms with Gasteiger partial charge in [0.1, 0.15) is 5.75 Å². The molecule has 0 amide bonds. The standard InChI is InChI=1S/C14H11Cl2N3O3S/c1-22-13-3-2-11(19(20)21)7-12(13)18-14(23)17-10-5-8(15)4-9(16)6-10/h2-7H,1H3,(H2,17,18,23). The number of benzene rings is 2. The second-order valence-corrected chi connectivity index (χ2v) is 5.66. The topological polar surface area (TPSA) is 76.4 Å². The third-order valence-electron chi connectivity index (χ3n) is 2.76. The third kappa shape index (κ3) is 4.69. The average molecular weight is 372 g/mol. The van der Waals surface area contributed by atoms with Crippen molar-refractivity contribution < 1.29 is 9.66 Å². The maximum atomic E-state index is 10.9. The Balaban J connectivity index is 2.19. The first-order valence-electron chi connectivity index (χ1n) is 6.25. The summed E-state index contributed by atoms with van der Waals surface area (Å²) in [4.78, 5) is 10.4. The van der Waals surface area contributed by atoms with Crippen LogP contribution < -0.4 is 15.4 Å². The Kier molecular flexibility index (Phi) is 5.59. The number of nitro groups is 1. The van der Waals surface area contributed by atoms with Crippen LogP contribution in [0.1, 0.15) is 0 Å². The van der Waals surface area contributed by atoms with E-state index in [1.165, 1.54) is 25.3 Å². The fraction of sp³-hybridized carbons (Fsp3) is 0.0714. The van der Waals surface area contributed by atoms with Crippen LogP contribution in [0.3, 0.4) is 0 Å². The molecule has 0 bridgehead atoms. The number of non-ortho nitro benzene ring substituents is 1. The van der Waals surface area contributed by atoms with Crippen molar-refractivity contribution in [2.75, 3.05) is 17.7 Å². The van der Waals surface area contributed by atoms with Crippen LogP contribution in [-0.4, -0.2) is 17.1 Å². The molecule has 2 aromatic rings. The average Bonchev–Trinajstić information content (AvgIpc) is 2.45. The van der Waals surface area contributed by atoms with Crippen molar-refractivity contribution in [1.82, 2.24) is 0 Å². The van der Waals surface area contributed by atoms with E-state index in [4.69, 9.17) is 40.2 Å². The molecule has 2 rings (SSSR count). The van der Waals surface area contributed by atoms with Crippen LogP contribution in [0.15, 0.2) is 36.4 Å². The minimum absolute atomic E-state index is 0.0816. The number of nitro benzene ring substituents is 1. The molecule has 6 nitrogen and oxygen atoms in total. The molecule has 2 aromatic carbocycles. The molecule has 0 radical (unpaired) electrons. The lowest BCUT2D eigenvalue weighted by Crippen LogP contribution is -2.19. The van der Waals surface area contributed by atoms with Crippen LogP contribution in [0, 0.1) is 10.1 Å². The van der Waals surface area contributed by atoms with E-state index in [9.17, 15) is 10.1 Å². The van der Waals surface area contributed by atoms with Gasteiger partial charge in [-0.15, -0.1) is 0 Å². The summed E-state index contributed by atoms with van der Waals surface area (Å²) in [6.45, 7) is 0. The molecule has 0 spiro atoms. The number of halogens is 2. The summed E-state index contributed by atoms with van der Waals surface area (Å²) in [7, 11) is 1.46. The Morgan fingerprint density at radius 2 is 1.83 bits per heavy atom. The van der Waals surface area contributed by atoms with Gasteiger partial charge in [0.15, 0.2) is 5.11 Å². The van der Waals surface area contributed by atoms with Crippen molar-refractivity contribution in [3.05, 3.63) is 56.6 Å².